The highest BCUT2D eigenvalue weighted by atomic mass is 16.2. The van der Waals surface area contributed by atoms with Crippen LogP contribution in [-0.2, 0) is 10.8 Å². The number of benzene rings is 10. The Kier molecular flexibility index (Phi) is 37.4. The third-order valence-electron chi connectivity index (χ3n) is 14.9. The molecule has 0 fully saturated rings. The molecule has 88 heavy (non-hydrogen) atoms. The van der Waals surface area contributed by atoms with Crippen LogP contribution < -0.4 is 0 Å². The lowest BCUT2D eigenvalue weighted by Crippen LogP contribution is -2.28. The van der Waals surface area contributed by atoms with Gasteiger partial charge in [-0.3, -0.25) is 0 Å². The van der Waals surface area contributed by atoms with Crippen LogP contribution in [0.25, 0.3) is 55.6 Å². The third-order valence-corrected chi connectivity index (χ3v) is 14.9. The first kappa shape index (κ1) is 78.1. The maximum absolute atomic E-state index is 7.00. The van der Waals surface area contributed by atoms with Gasteiger partial charge < -0.3 is 10.2 Å². The van der Waals surface area contributed by atoms with Crippen LogP contribution in [-0.4, -0.2) is 24.4 Å². The van der Waals surface area contributed by atoms with Crippen LogP contribution in [0.2, 0.25) is 0 Å². The van der Waals surface area contributed by atoms with Crippen LogP contribution in [0.1, 0.15) is 207 Å². The topological polar surface area (TPSA) is 40.5 Å². The first-order chi connectivity index (χ1) is 43.7. The van der Waals surface area contributed by atoms with Gasteiger partial charge in [0.2, 0.25) is 0 Å². The molecule has 13 rings (SSSR count). The predicted molar refractivity (Wildman–Crippen MR) is 395 cm³/mol. The second-order valence-electron chi connectivity index (χ2n) is 17.9. The maximum atomic E-state index is 7.00. The van der Waals surface area contributed by atoms with Gasteiger partial charge in [0, 0.05) is 20.1 Å². The first-order valence-corrected chi connectivity index (χ1v) is 33.5. The molecule has 10 aromatic carbocycles. The summed E-state index contributed by atoms with van der Waals surface area (Å²) in [5.74, 6) is 0.253. The number of hydrogen-bond acceptors (Lipinski definition) is 2. The summed E-state index contributed by atoms with van der Waals surface area (Å²) in [6, 6.07) is 91.2. The molecule has 0 heterocycles. The molecule has 2 N–H and O–H groups in total. The number of rotatable bonds is 6. The van der Waals surface area contributed by atoms with Crippen molar-refractivity contribution in [1.82, 2.24) is 0 Å². The van der Waals surface area contributed by atoms with Gasteiger partial charge in [-0.15, -0.1) is 0 Å². The highest BCUT2D eigenvalue weighted by Crippen LogP contribution is 2.59. The molecule has 0 aromatic heterocycles. The molecule has 3 aliphatic carbocycles. The Hall–Kier alpha value is -7.88. The smallest absolute Gasteiger partial charge is 0.0713 e. The van der Waals surface area contributed by atoms with Crippen LogP contribution in [0.4, 0.5) is 0 Å². The maximum Gasteiger partial charge on any atom is 0.0713 e. The van der Waals surface area contributed by atoms with E-state index in [4.69, 9.17) is 10.2 Å². The molecule has 2 heteroatoms. The molecule has 0 saturated heterocycles. The van der Waals surface area contributed by atoms with Crippen molar-refractivity contribution in [3.05, 3.63) is 298 Å². The van der Waals surface area contributed by atoms with Gasteiger partial charge >= 0.3 is 0 Å². The Morgan fingerprint density at radius 1 is 0.216 bits per heavy atom. The van der Waals surface area contributed by atoms with E-state index < -0.39 is 10.8 Å². The molecule has 3 aliphatic rings. The van der Waals surface area contributed by atoms with Gasteiger partial charge in [-0.1, -0.05) is 364 Å². The average molecular weight is 1180 g/mol. The molecule has 468 valence electrons. The highest BCUT2D eigenvalue weighted by Gasteiger charge is 2.47. The summed E-state index contributed by atoms with van der Waals surface area (Å²) in [4.78, 5) is 0. The van der Waals surface area contributed by atoms with Crippen LogP contribution in [0.3, 0.4) is 0 Å². The van der Waals surface area contributed by atoms with Gasteiger partial charge in [0.15, 0.2) is 0 Å². The van der Waals surface area contributed by atoms with Crippen molar-refractivity contribution in [3.63, 3.8) is 0 Å². The Bertz CT molecular complexity index is 3140. The lowest BCUT2D eigenvalue weighted by atomic mass is 9.67. The molecule has 0 unspecified atom stereocenters. The molecule has 0 radical (unpaired) electrons. The SMILES string of the molecule is CC.CC.CC.CC.CC.CC.CC.CC.CC.CC.CC1c2cc(-c3ccc4c(c3)C(c3ccccc3)(c3ccccc3)c3ccccc3-4)ccc2-c2ccc(-c3ccc4c(c3)C(c3ccccc3)(c3ccccc3)c3ccccc3-4)cc21.CO.CO. The zero-order chi connectivity index (χ0) is 66.4. The monoisotopic (exact) mass is 1180 g/mol. The minimum atomic E-state index is -0.427. The summed E-state index contributed by atoms with van der Waals surface area (Å²) in [6.07, 6.45) is 0. The Balaban J connectivity index is 0.00000145. The van der Waals surface area contributed by atoms with Crippen molar-refractivity contribution in [3.8, 4) is 55.6 Å². The molecule has 10 aromatic rings. The lowest BCUT2D eigenvalue weighted by molar-refractivity contribution is 0.399. The molecule has 0 saturated carbocycles. The molecule has 0 aliphatic heterocycles. The van der Waals surface area contributed by atoms with Gasteiger partial charge in [0.25, 0.3) is 0 Å². The third kappa shape index (κ3) is 15.3. The number of aliphatic hydroxyl groups is 2. The van der Waals surface area contributed by atoms with E-state index in [1.165, 1.54) is 111 Å². The molecular weight excluding hydrogens is 1060 g/mol. The fourth-order valence-corrected chi connectivity index (χ4v) is 12.1. The Labute approximate surface area is 537 Å². The van der Waals surface area contributed by atoms with Gasteiger partial charge in [-0.05, 0) is 136 Å². The second-order valence-corrected chi connectivity index (χ2v) is 17.9. The quantitative estimate of drug-likeness (QED) is 0.174. The van der Waals surface area contributed by atoms with E-state index in [2.05, 4.69) is 250 Å². The van der Waals surface area contributed by atoms with E-state index in [0.29, 0.717) is 0 Å². The van der Waals surface area contributed by atoms with Crippen molar-refractivity contribution in [2.75, 3.05) is 14.2 Å². The number of aliphatic hydroxyl groups excluding tert-OH is 2. The van der Waals surface area contributed by atoms with Crippen molar-refractivity contribution < 1.29 is 10.2 Å². The van der Waals surface area contributed by atoms with Crippen molar-refractivity contribution in [2.24, 2.45) is 0 Å². The summed E-state index contributed by atoms with van der Waals surface area (Å²) >= 11 is 0. The highest BCUT2D eigenvalue weighted by molar-refractivity contribution is 5.91. The zero-order valence-electron chi connectivity index (χ0n) is 58.6. The van der Waals surface area contributed by atoms with Crippen LogP contribution in [0.15, 0.2) is 243 Å². The normalized spacial score (nSPS) is 11.4. The average Bonchev–Trinajstić information content (AvgIpc) is 1.58. The lowest BCUT2D eigenvalue weighted by Gasteiger charge is -2.34. The summed E-state index contributed by atoms with van der Waals surface area (Å²) < 4.78 is 0. The molecule has 0 spiro atoms. The fraction of sp³-hybridized carbons (Fsp3) is 0.302. The molecule has 0 bridgehead atoms. The minimum Gasteiger partial charge on any atom is -0.400 e. The van der Waals surface area contributed by atoms with Crippen molar-refractivity contribution >= 4 is 0 Å². The summed E-state index contributed by atoms with van der Waals surface area (Å²) in [7, 11) is 2.00. The van der Waals surface area contributed by atoms with Gasteiger partial charge in [0.05, 0.1) is 10.8 Å². The minimum absolute atomic E-state index is 0.253. The van der Waals surface area contributed by atoms with E-state index in [1.807, 2.05) is 138 Å². The first-order valence-electron chi connectivity index (χ1n) is 33.5. The van der Waals surface area contributed by atoms with E-state index >= 15 is 0 Å². The standard InChI is InChI=1S/C64H44.10C2H6.2CH4O/c1-42-57-38-43(45-32-36-55-53-26-14-16-28-59(53)63(61(55)40-45,47-18-6-2-7-19-47)48-20-8-3-9-21-48)30-34-51(57)52-35-31-44(39-58(42)52)46-33-37-56-54-27-15-17-29-60(54)64(62(56)41-46,49-22-10-4-11-23-49)50-24-12-5-13-25-50;12*1-2/h2-42H,1H3;10*1-2H3;2*2H,1H3. The molecule has 0 atom stereocenters. The van der Waals surface area contributed by atoms with Crippen molar-refractivity contribution in [2.45, 2.75) is 162 Å². The van der Waals surface area contributed by atoms with Crippen LogP contribution in [0, 0.1) is 0 Å². The molecule has 2 nitrogen and oxygen atoms in total. The van der Waals surface area contributed by atoms with E-state index in [-0.39, 0.29) is 5.92 Å². The fourth-order valence-electron chi connectivity index (χ4n) is 12.1. The molecular formula is C86H112O2. The summed E-state index contributed by atoms with van der Waals surface area (Å²) in [5.41, 5.74) is 25.3. The van der Waals surface area contributed by atoms with Gasteiger partial charge in [-0.2, -0.15) is 0 Å². The zero-order valence-corrected chi connectivity index (χ0v) is 58.6. The van der Waals surface area contributed by atoms with E-state index in [9.17, 15) is 0 Å². The second kappa shape index (κ2) is 42.1. The summed E-state index contributed by atoms with van der Waals surface area (Å²) in [5, 5.41) is 14.0. The Morgan fingerprint density at radius 3 is 0.682 bits per heavy atom. The Morgan fingerprint density at radius 2 is 0.420 bits per heavy atom. The molecule has 0 amide bonds. The number of fused-ring (bicyclic) bond motifs is 9. The largest absolute Gasteiger partial charge is 0.400 e. The number of hydrogen-bond donors (Lipinski definition) is 2. The van der Waals surface area contributed by atoms with Crippen molar-refractivity contribution in [1.29, 1.82) is 0 Å². The predicted octanol–water partition coefficient (Wildman–Crippen LogP) is 25.4. The van der Waals surface area contributed by atoms with E-state index in [0.717, 1.165) is 14.2 Å². The summed E-state index contributed by atoms with van der Waals surface area (Å²) in [6.45, 7) is 42.4. The van der Waals surface area contributed by atoms with Gasteiger partial charge in [-0.25, -0.2) is 0 Å². The van der Waals surface area contributed by atoms with Crippen LogP contribution in [0.5, 0.6) is 0 Å². The van der Waals surface area contributed by atoms with Crippen LogP contribution >= 0.6 is 0 Å². The van der Waals surface area contributed by atoms with Gasteiger partial charge in [0.1, 0.15) is 0 Å². The van der Waals surface area contributed by atoms with E-state index in [1.54, 1.807) is 0 Å².